The SMILES string of the molecule is COCCC1OC[C@H]2O[C@@H]3OC(CCOC)O[C@@H]3[C@H]2O1. The number of rotatable bonds is 6. The van der Waals surface area contributed by atoms with Crippen LogP contribution in [0.2, 0.25) is 0 Å². The van der Waals surface area contributed by atoms with Gasteiger partial charge in [0.05, 0.1) is 19.8 Å². The molecule has 0 aromatic rings. The molecule has 116 valence electrons. The Morgan fingerprint density at radius 2 is 1.55 bits per heavy atom. The van der Waals surface area contributed by atoms with Crippen LogP contribution in [0.4, 0.5) is 0 Å². The summed E-state index contributed by atoms with van der Waals surface area (Å²) in [4.78, 5) is 0. The summed E-state index contributed by atoms with van der Waals surface area (Å²) in [5.74, 6) is 0. The zero-order chi connectivity index (χ0) is 13.9. The molecule has 3 aliphatic heterocycles. The van der Waals surface area contributed by atoms with Crippen molar-refractivity contribution in [1.29, 1.82) is 0 Å². The number of fused-ring (bicyclic) bond motifs is 3. The first-order valence-electron chi connectivity index (χ1n) is 7.03. The van der Waals surface area contributed by atoms with Crippen LogP contribution in [-0.4, -0.2) is 71.2 Å². The number of hydrogen-bond acceptors (Lipinski definition) is 7. The van der Waals surface area contributed by atoms with Gasteiger partial charge in [-0.15, -0.1) is 0 Å². The highest BCUT2D eigenvalue weighted by Gasteiger charge is 2.55. The highest BCUT2D eigenvalue weighted by molar-refractivity contribution is 4.94. The van der Waals surface area contributed by atoms with E-state index in [1.165, 1.54) is 0 Å². The quantitative estimate of drug-likeness (QED) is 0.695. The van der Waals surface area contributed by atoms with Crippen LogP contribution < -0.4 is 0 Å². The maximum Gasteiger partial charge on any atom is 0.190 e. The first-order chi connectivity index (χ1) is 9.81. The van der Waals surface area contributed by atoms with E-state index < -0.39 is 0 Å². The second-order valence-corrected chi connectivity index (χ2v) is 5.14. The van der Waals surface area contributed by atoms with Crippen LogP contribution >= 0.6 is 0 Å². The van der Waals surface area contributed by atoms with E-state index in [2.05, 4.69) is 0 Å². The summed E-state index contributed by atoms with van der Waals surface area (Å²) in [6.07, 6.45) is 0.0385. The van der Waals surface area contributed by atoms with Crippen molar-refractivity contribution in [3.63, 3.8) is 0 Å². The van der Waals surface area contributed by atoms with Crippen LogP contribution in [0.3, 0.4) is 0 Å². The number of hydrogen-bond donors (Lipinski definition) is 0. The van der Waals surface area contributed by atoms with Gasteiger partial charge in [0, 0.05) is 27.1 Å². The van der Waals surface area contributed by atoms with Crippen LogP contribution in [0.15, 0.2) is 0 Å². The first-order valence-corrected chi connectivity index (χ1v) is 7.03. The van der Waals surface area contributed by atoms with Gasteiger partial charge in [-0.05, 0) is 0 Å². The molecule has 7 heteroatoms. The molecule has 0 aromatic heterocycles. The Bertz CT molecular complexity index is 313. The summed E-state index contributed by atoms with van der Waals surface area (Å²) in [5, 5.41) is 0. The largest absolute Gasteiger partial charge is 0.384 e. The molecule has 2 unspecified atom stereocenters. The Hall–Kier alpha value is -0.280. The smallest absolute Gasteiger partial charge is 0.190 e. The summed E-state index contributed by atoms with van der Waals surface area (Å²) < 4.78 is 38.9. The molecule has 0 radical (unpaired) electrons. The molecule has 0 saturated carbocycles. The molecule has 20 heavy (non-hydrogen) atoms. The number of ether oxygens (including phenoxy) is 7. The predicted octanol–water partition coefficient (Wildman–Crippen LogP) is 0.267. The Morgan fingerprint density at radius 1 is 0.850 bits per heavy atom. The van der Waals surface area contributed by atoms with Crippen LogP contribution in [0, 0.1) is 0 Å². The van der Waals surface area contributed by atoms with Gasteiger partial charge in [-0.2, -0.15) is 0 Å². The van der Waals surface area contributed by atoms with Gasteiger partial charge in [-0.25, -0.2) is 0 Å². The minimum atomic E-state index is -0.364. The van der Waals surface area contributed by atoms with Crippen molar-refractivity contribution in [2.24, 2.45) is 0 Å². The van der Waals surface area contributed by atoms with E-state index >= 15 is 0 Å². The molecule has 0 N–H and O–H groups in total. The van der Waals surface area contributed by atoms with Gasteiger partial charge in [0.1, 0.15) is 18.3 Å². The Balaban J connectivity index is 1.53. The lowest BCUT2D eigenvalue weighted by atomic mass is 10.1. The summed E-state index contributed by atoms with van der Waals surface area (Å²) in [6.45, 7) is 1.70. The molecular formula is C13H22O7. The first kappa shape index (κ1) is 14.6. The van der Waals surface area contributed by atoms with Gasteiger partial charge in [0.25, 0.3) is 0 Å². The second-order valence-electron chi connectivity index (χ2n) is 5.14. The molecule has 0 aliphatic carbocycles. The normalized spacial score (nSPS) is 43.5. The van der Waals surface area contributed by atoms with Crippen molar-refractivity contribution in [2.45, 2.75) is 50.0 Å². The van der Waals surface area contributed by atoms with E-state index in [0.29, 0.717) is 32.7 Å². The summed E-state index contributed by atoms with van der Waals surface area (Å²) in [7, 11) is 3.32. The summed E-state index contributed by atoms with van der Waals surface area (Å²) in [6, 6.07) is 0. The zero-order valence-corrected chi connectivity index (χ0v) is 11.9. The molecule has 0 spiro atoms. The molecule has 6 atom stereocenters. The average molecular weight is 290 g/mol. The lowest BCUT2D eigenvalue weighted by Crippen LogP contribution is -2.46. The maximum absolute atomic E-state index is 5.92. The van der Waals surface area contributed by atoms with Gasteiger partial charge < -0.3 is 33.2 Å². The molecule has 3 fully saturated rings. The van der Waals surface area contributed by atoms with Crippen molar-refractivity contribution >= 4 is 0 Å². The standard InChI is InChI=1S/C13H22O7/c1-14-5-3-9-16-7-8-11(18-9)12-13(17-8)20-10(19-12)4-6-15-2/h8-13H,3-7H2,1-2H3/t8-,9?,10?,11+,12-,13-/m1/s1. The van der Waals surface area contributed by atoms with E-state index in [0.717, 1.165) is 0 Å². The fourth-order valence-corrected chi connectivity index (χ4v) is 2.73. The van der Waals surface area contributed by atoms with Crippen molar-refractivity contribution in [2.75, 3.05) is 34.0 Å². The van der Waals surface area contributed by atoms with Crippen LogP contribution in [0.1, 0.15) is 12.8 Å². The predicted molar refractivity (Wildman–Crippen MR) is 66.0 cm³/mol. The summed E-state index contributed by atoms with van der Waals surface area (Å²) >= 11 is 0. The minimum absolute atomic E-state index is 0.118. The van der Waals surface area contributed by atoms with Gasteiger partial charge >= 0.3 is 0 Å². The molecular weight excluding hydrogens is 268 g/mol. The maximum atomic E-state index is 5.92. The van der Waals surface area contributed by atoms with Crippen molar-refractivity contribution in [1.82, 2.24) is 0 Å². The third-order valence-electron chi connectivity index (χ3n) is 3.73. The third kappa shape index (κ3) is 2.99. The molecule has 0 bridgehead atoms. The topological polar surface area (TPSA) is 64.6 Å². The highest BCUT2D eigenvalue weighted by atomic mass is 16.8. The fraction of sp³-hybridized carbons (Fsp3) is 1.00. The zero-order valence-electron chi connectivity index (χ0n) is 11.9. The lowest BCUT2D eigenvalue weighted by molar-refractivity contribution is -0.272. The minimum Gasteiger partial charge on any atom is -0.384 e. The average Bonchev–Trinajstić information content (AvgIpc) is 3.00. The van der Waals surface area contributed by atoms with E-state index in [1.807, 2.05) is 0 Å². The Labute approximate surface area is 118 Å². The summed E-state index contributed by atoms with van der Waals surface area (Å²) in [5.41, 5.74) is 0. The molecule has 3 heterocycles. The van der Waals surface area contributed by atoms with Crippen molar-refractivity contribution < 1.29 is 33.2 Å². The second kappa shape index (κ2) is 6.65. The van der Waals surface area contributed by atoms with Crippen LogP contribution in [0.5, 0.6) is 0 Å². The van der Waals surface area contributed by atoms with Crippen molar-refractivity contribution in [3.05, 3.63) is 0 Å². The molecule has 3 aliphatic rings. The Morgan fingerprint density at radius 3 is 2.30 bits per heavy atom. The highest BCUT2D eigenvalue weighted by Crippen LogP contribution is 2.37. The van der Waals surface area contributed by atoms with Gasteiger partial charge in [-0.1, -0.05) is 0 Å². The van der Waals surface area contributed by atoms with Gasteiger partial charge in [-0.3, -0.25) is 0 Å². The third-order valence-corrected chi connectivity index (χ3v) is 3.73. The lowest BCUT2D eigenvalue weighted by Gasteiger charge is -2.33. The van der Waals surface area contributed by atoms with Gasteiger partial charge in [0.2, 0.25) is 0 Å². The van der Waals surface area contributed by atoms with Crippen LogP contribution in [0.25, 0.3) is 0 Å². The van der Waals surface area contributed by atoms with E-state index in [-0.39, 0.29) is 37.2 Å². The van der Waals surface area contributed by atoms with Gasteiger partial charge in [0.15, 0.2) is 18.9 Å². The van der Waals surface area contributed by atoms with E-state index in [4.69, 9.17) is 33.2 Å². The van der Waals surface area contributed by atoms with E-state index in [1.54, 1.807) is 14.2 Å². The monoisotopic (exact) mass is 290 g/mol. The molecule has 3 saturated heterocycles. The Kier molecular flexibility index (Phi) is 4.87. The van der Waals surface area contributed by atoms with E-state index in [9.17, 15) is 0 Å². The van der Waals surface area contributed by atoms with Crippen LogP contribution in [-0.2, 0) is 33.2 Å². The molecule has 0 aromatic carbocycles. The fourth-order valence-electron chi connectivity index (χ4n) is 2.73. The van der Waals surface area contributed by atoms with Crippen molar-refractivity contribution in [3.8, 4) is 0 Å². The molecule has 3 rings (SSSR count). The number of methoxy groups -OCH3 is 2. The molecule has 7 nitrogen and oxygen atoms in total. The molecule has 0 amide bonds.